The minimum absolute atomic E-state index is 0.193. The number of carboxylic acids is 1. The molecule has 3 N–H and O–H groups in total. The molecule has 1 aromatic rings. The summed E-state index contributed by atoms with van der Waals surface area (Å²) in [7, 11) is 0. The Morgan fingerprint density at radius 1 is 1.11 bits per heavy atom. The van der Waals surface area contributed by atoms with E-state index in [0.717, 1.165) is 22.2 Å². The molecule has 1 aliphatic rings. The molecule has 0 radical (unpaired) electrons. The molecule has 10 heteroatoms. The molecule has 1 atom stereocenters. The van der Waals surface area contributed by atoms with Gasteiger partial charge in [0.2, 0.25) is 0 Å². The largest absolute Gasteiger partial charge is 0.480 e. The van der Waals surface area contributed by atoms with E-state index in [1.165, 1.54) is 4.90 Å². The third kappa shape index (κ3) is 6.69. The van der Waals surface area contributed by atoms with Gasteiger partial charge in [-0.1, -0.05) is 12.1 Å². The maximum absolute atomic E-state index is 11.9. The van der Waals surface area contributed by atoms with Crippen LogP contribution in [-0.4, -0.2) is 94.1 Å². The first-order valence-corrected chi connectivity index (χ1v) is 9.66. The number of carbonyl (C=O) groups is 2. The monoisotopic (exact) mass is 408 g/mol. The van der Waals surface area contributed by atoms with Gasteiger partial charge in [0.05, 0.1) is 19.3 Å². The maximum Gasteiger partial charge on any atom is 0.407 e. The van der Waals surface area contributed by atoms with Crippen LogP contribution >= 0.6 is 11.8 Å². The summed E-state index contributed by atoms with van der Waals surface area (Å²) in [5, 5.41) is 39.1. The van der Waals surface area contributed by atoms with Crippen LogP contribution < -0.4 is 0 Å². The Kier molecular flexibility index (Phi) is 8.53. The fourth-order valence-electron chi connectivity index (χ4n) is 3.24. The SMILES string of the molecule is N#CSc1ccc(CC2CN(CC(=O)O)CCN(CO)CCN2C(=O)O)cc1. The van der Waals surface area contributed by atoms with E-state index in [1.807, 2.05) is 29.7 Å². The van der Waals surface area contributed by atoms with Gasteiger partial charge in [0.25, 0.3) is 0 Å². The molecular formula is C18H24N4O5S. The molecule has 152 valence electrons. The number of thioether (sulfide) groups is 1. The van der Waals surface area contributed by atoms with Gasteiger partial charge in [-0.15, -0.1) is 0 Å². The molecule has 1 saturated heterocycles. The molecule has 0 saturated carbocycles. The van der Waals surface area contributed by atoms with E-state index < -0.39 is 18.1 Å². The first kappa shape index (κ1) is 22.0. The predicted octanol–water partition coefficient (Wildman–Crippen LogP) is 0.803. The summed E-state index contributed by atoms with van der Waals surface area (Å²) >= 11 is 1.05. The van der Waals surface area contributed by atoms with Crippen LogP contribution in [0.25, 0.3) is 0 Å². The van der Waals surface area contributed by atoms with E-state index in [4.69, 9.17) is 5.26 Å². The highest BCUT2D eigenvalue weighted by molar-refractivity contribution is 8.03. The highest BCUT2D eigenvalue weighted by Gasteiger charge is 2.28. The number of amides is 1. The number of rotatable bonds is 6. The molecule has 1 unspecified atom stereocenters. The second kappa shape index (κ2) is 10.9. The van der Waals surface area contributed by atoms with E-state index in [2.05, 4.69) is 0 Å². The number of hydrogen-bond donors (Lipinski definition) is 3. The molecule has 1 aromatic carbocycles. The van der Waals surface area contributed by atoms with Crippen molar-refractivity contribution in [1.82, 2.24) is 14.7 Å². The number of aliphatic hydroxyl groups is 1. The van der Waals surface area contributed by atoms with Gasteiger partial charge in [-0.25, -0.2) is 4.79 Å². The lowest BCUT2D eigenvalue weighted by molar-refractivity contribution is -0.138. The Hall–Kier alpha value is -2.32. The lowest BCUT2D eigenvalue weighted by Gasteiger charge is -2.32. The number of hydrogen-bond acceptors (Lipinski definition) is 7. The summed E-state index contributed by atoms with van der Waals surface area (Å²) in [6, 6.07) is 6.91. The van der Waals surface area contributed by atoms with Gasteiger partial charge in [-0.3, -0.25) is 14.6 Å². The van der Waals surface area contributed by atoms with Crippen molar-refractivity contribution in [3.63, 3.8) is 0 Å². The van der Waals surface area contributed by atoms with Crippen molar-refractivity contribution in [3.8, 4) is 5.40 Å². The molecule has 1 amide bonds. The van der Waals surface area contributed by atoms with E-state index in [-0.39, 0.29) is 26.4 Å². The summed E-state index contributed by atoms with van der Waals surface area (Å²) in [5.41, 5.74) is 0.909. The number of aliphatic carboxylic acids is 1. The summed E-state index contributed by atoms with van der Waals surface area (Å²) < 4.78 is 0. The summed E-state index contributed by atoms with van der Waals surface area (Å²) in [6.45, 7) is 1.37. The minimum atomic E-state index is -1.07. The fourth-order valence-corrected chi connectivity index (χ4v) is 3.61. The lowest BCUT2D eigenvalue weighted by atomic mass is 10.0. The van der Waals surface area contributed by atoms with Crippen molar-refractivity contribution in [2.24, 2.45) is 0 Å². The molecule has 1 aliphatic heterocycles. The normalized spacial score (nSPS) is 19.3. The Balaban J connectivity index is 2.23. The molecular weight excluding hydrogens is 384 g/mol. The van der Waals surface area contributed by atoms with Gasteiger partial charge < -0.3 is 20.2 Å². The van der Waals surface area contributed by atoms with Gasteiger partial charge in [0.1, 0.15) is 5.40 Å². The number of benzene rings is 1. The van der Waals surface area contributed by atoms with E-state index in [9.17, 15) is 24.9 Å². The Morgan fingerprint density at radius 3 is 2.32 bits per heavy atom. The number of carboxylic acid groups (broad SMARTS) is 2. The number of thiocyanates is 1. The summed E-state index contributed by atoms with van der Waals surface area (Å²) in [5.74, 6) is -0.978. The van der Waals surface area contributed by atoms with Crippen LogP contribution in [0.15, 0.2) is 29.2 Å². The second-order valence-corrected chi connectivity index (χ2v) is 7.42. The zero-order valence-corrected chi connectivity index (χ0v) is 16.2. The smallest absolute Gasteiger partial charge is 0.407 e. The van der Waals surface area contributed by atoms with Gasteiger partial charge in [0.15, 0.2) is 0 Å². The second-order valence-electron chi connectivity index (χ2n) is 6.56. The molecule has 28 heavy (non-hydrogen) atoms. The van der Waals surface area contributed by atoms with Crippen molar-refractivity contribution < 1.29 is 24.9 Å². The first-order valence-electron chi connectivity index (χ1n) is 8.84. The van der Waals surface area contributed by atoms with Crippen LogP contribution in [0, 0.1) is 10.7 Å². The van der Waals surface area contributed by atoms with Crippen LogP contribution in [0.5, 0.6) is 0 Å². The van der Waals surface area contributed by atoms with Crippen LogP contribution in [0.1, 0.15) is 5.56 Å². The average Bonchev–Trinajstić information content (AvgIpc) is 2.72. The van der Waals surface area contributed by atoms with E-state index in [1.54, 1.807) is 9.80 Å². The van der Waals surface area contributed by atoms with Crippen molar-refractivity contribution in [2.75, 3.05) is 46.0 Å². The third-order valence-corrected chi connectivity index (χ3v) is 5.26. The highest BCUT2D eigenvalue weighted by atomic mass is 32.2. The Labute approximate surface area is 167 Å². The van der Waals surface area contributed by atoms with Gasteiger partial charge >= 0.3 is 12.1 Å². The van der Waals surface area contributed by atoms with Gasteiger partial charge in [-0.2, -0.15) is 5.26 Å². The summed E-state index contributed by atoms with van der Waals surface area (Å²) in [4.78, 5) is 28.6. The third-order valence-electron chi connectivity index (χ3n) is 4.66. The lowest BCUT2D eigenvalue weighted by Crippen LogP contribution is -2.49. The Bertz CT molecular complexity index is 709. The van der Waals surface area contributed by atoms with Crippen molar-refractivity contribution in [1.29, 1.82) is 5.26 Å². The van der Waals surface area contributed by atoms with Crippen LogP contribution in [0.4, 0.5) is 4.79 Å². The van der Waals surface area contributed by atoms with Crippen molar-refractivity contribution in [2.45, 2.75) is 17.4 Å². The molecule has 0 bridgehead atoms. The molecule has 0 aromatic heterocycles. The number of nitriles is 1. The molecule has 0 aliphatic carbocycles. The average molecular weight is 408 g/mol. The van der Waals surface area contributed by atoms with Gasteiger partial charge in [-0.05, 0) is 35.9 Å². The zero-order valence-electron chi connectivity index (χ0n) is 15.4. The van der Waals surface area contributed by atoms with Gasteiger partial charge in [0, 0.05) is 37.6 Å². The number of aliphatic hydroxyl groups excluding tert-OH is 1. The van der Waals surface area contributed by atoms with E-state index in [0.29, 0.717) is 26.1 Å². The topological polar surface area (TPSA) is 128 Å². The molecule has 2 rings (SSSR count). The zero-order chi connectivity index (χ0) is 20.5. The van der Waals surface area contributed by atoms with Crippen LogP contribution in [0.3, 0.4) is 0 Å². The quantitative estimate of drug-likeness (QED) is 0.462. The predicted molar refractivity (Wildman–Crippen MR) is 103 cm³/mol. The van der Waals surface area contributed by atoms with Crippen LogP contribution in [-0.2, 0) is 11.2 Å². The molecule has 1 fully saturated rings. The fraction of sp³-hybridized carbons (Fsp3) is 0.500. The maximum atomic E-state index is 11.9. The molecule has 9 nitrogen and oxygen atoms in total. The number of nitrogens with zero attached hydrogens (tertiary/aromatic N) is 4. The minimum Gasteiger partial charge on any atom is -0.480 e. The standard InChI is InChI=1S/C18H24N4O5S/c19-12-28-16-3-1-14(2-4-16)9-15-10-21(11-17(24)25)6-5-20(13-23)7-8-22(15)18(26)27/h1-4,15,23H,5-11,13H2,(H,24,25)(H,26,27). The van der Waals surface area contributed by atoms with Crippen molar-refractivity contribution >= 4 is 23.8 Å². The van der Waals surface area contributed by atoms with Crippen LogP contribution in [0.2, 0.25) is 0 Å². The highest BCUT2D eigenvalue weighted by Crippen LogP contribution is 2.19. The first-order chi connectivity index (χ1) is 13.4. The molecule has 1 heterocycles. The summed E-state index contributed by atoms with van der Waals surface area (Å²) in [6.07, 6.45) is -0.643. The van der Waals surface area contributed by atoms with E-state index >= 15 is 0 Å². The molecule has 0 spiro atoms. The van der Waals surface area contributed by atoms with Crippen molar-refractivity contribution in [3.05, 3.63) is 29.8 Å². The Morgan fingerprint density at radius 2 is 1.75 bits per heavy atom.